The van der Waals surface area contributed by atoms with Gasteiger partial charge >= 0.3 is 0 Å². The zero-order chi connectivity index (χ0) is 11.5. The monoisotopic (exact) mass is 218 g/mol. The van der Waals surface area contributed by atoms with Crippen LogP contribution < -0.4 is 4.74 Å². The van der Waals surface area contributed by atoms with E-state index in [0.29, 0.717) is 18.4 Å². The van der Waals surface area contributed by atoms with Crippen molar-refractivity contribution in [1.29, 1.82) is 0 Å². The van der Waals surface area contributed by atoms with Crippen molar-refractivity contribution in [2.45, 2.75) is 12.8 Å². The van der Waals surface area contributed by atoms with E-state index in [1.165, 1.54) is 0 Å². The summed E-state index contributed by atoms with van der Waals surface area (Å²) in [6.45, 7) is 0. The van der Waals surface area contributed by atoms with Gasteiger partial charge < -0.3 is 9.47 Å². The second kappa shape index (κ2) is 4.39. The van der Waals surface area contributed by atoms with Crippen molar-refractivity contribution in [2.75, 3.05) is 14.2 Å². The molecule has 0 radical (unpaired) electrons. The minimum absolute atomic E-state index is 0.155. The van der Waals surface area contributed by atoms with Crippen LogP contribution in [0.4, 0.5) is 0 Å². The van der Waals surface area contributed by atoms with Crippen LogP contribution in [0.25, 0.3) is 5.57 Å². The van der Waals surface area contributed by atoms with Gasteiger partial charge in [0.15, 0.2) is 5.78 Å². The molecule has 1 aliphatic carbocycles. The molecule has 0 saturated heterocycles. The average molecular weight is 218 g/mol. The van der Waals surface area contributed by atoms with Crippen LogP contribution in [0.3, 0.4) is 0 Å². The minimum atomic E-state index is 0.155. The molecule has 0 atom stereocenters. The van der Waals surface area contributed by atoms with Crippen LogP contribution in [0, 0.1) is 0 Å². The molecule has 3 nitrogen and oxygen atoms in total. The Morgan fingerprint density at radius 1 is 1.00 bits per heavy atom. The van der Waals surface area contributed by atoms with Gasteiger partial charge in [-0.25, -0.2) is 0 Å². The number of benzene rings is 1. The molecule has 0 N–H and O–H groups in total. The van der Waals surface area contributed by atoms with Crippen molar-refractivity contribution >= 4 is 11.4 Å². The van der Waals surface area contributed by atoms with Gasteiger partial charge in [0.05, 0.1) is 19.8 Å². The molecule has 3 heteroatoms. The number of allylic oxidation sites excluding steroid dienone is 2. The van der Waals surface area contributed by atoms with Gasteiger partial charge in [-0.05, 0) is 17.7 Å². The lowest BCUT2D eigenvalue weighted by atomic mass is 10.0. The van der Waals surface area contributed by atoms with Crippen molar-refractivity contribution in [3.8, 4) is 5.75 Å². The number of hydrogen-bond donors (Lipinski definition) is 0. The highest BCUT2D eigenvalue weighted by Gasteiger charge is 2.24. The van der Waals surface area contributed by atoms with E-state index in [0.717, 1.165) is 17.1 Å². The van der Waals surface area contributed by atoms with E-state index >= 15 is 0 Å². The highest BCUT2D eigenvalue weighted by Crippen LogP contribution is 2.31. The number of ether oxygens (including phenoxy) is 2. The van der Waals surface area contributed by atoms with Crippen LogP contribution in [-0.4, -0.2) is 20.0 Å². The third-order valence-corrected chi connectivity index (χ3v) is 2.76. The molecule has 84 valence electrons. The Morgan fingerprint density at radius 3 is 2.25 bits per heavy atom. The summed E-state index contributed by atoms with van der Waals surface area (Å²) in [7, 11) is 3.23. The van der Waals surface area contributed by atoms with Gasteiger partial charge in [-0.15, -0.1) is 0 Å². The quantitative estimate of drug-likeness (QED) is 0.781. The highest BCUT2D eigenvalue weighted by atomic mass is 16.5. The summed E-state index contributed by atoms with van der Waals surface area (Å²) < 4.78 is 10.3. The van der Waals surface area contributed by atoms with E-state index in [4.69, 9.17) is 9.47 Å². The van der Waals surface area contributed by atoms with Crippen LogP contribution in [0.15, 0.2) is 30.0 Å². The van der Waals surface area contributed by atoms with Gasteiger partial charge in [-0.3, -0.25) is 4.79 Å². The molecule has 0 spiro atoms. The van der Waals surface area contributed by atoms with Crippen LogP contribution >= 0.6 is 0 Å². The van der Waals surface area contributed by atoms with Crippen molar-refractivity contribution in [2.24, 2.45) is 0 Å². The van der Waals surface area contributed by atoms with Crippen molar-refractivity contribution in [3.05, 3.63) is 35.6 Å². The SMILES string of the molecule is COC1=C(c2ccc(OC)cc2)C(=O)CC1. The summed E-state index contributed by atoms with van der Waals surface area (Å²) in [5, 5.41) is 0. The first kappa shape index (κ1) is 10.7. The number of methoxy groups -OCH3 is 2. The molecule has 1 aromatic carbocycles. The second-order valence-corrected chi connectivity index (χ2v) is 3.65. The minimum Gasteiger partial charge on any atom is -0.500 e. The third kappa shape index (κ3) is 1.81. The second-order valence-electron chi connectivity index (χ2n) is 3.65. The maximum atomic E-state index is 11.7. The predicted molar refractivity (Wildman–Crippen MR) is 61.2 cm³/mol. The van der Waals surface area contributed by atoms with Crippen LogP contribution in [-0.2, 0) is 9.53 Å². The topological polar surface area (TPSA) is 35.5 Å². The molecule has 16 heavy (non-hydrogen) atoms. The number of carbonyl (C=O) groups is 1. The molecule has 0 bridgehead atoms. The zero-order valence-electron chi connectivity index (χ0n) is 9.45. The lowest BCUT2D eigenvalue weighted by Crippen LogP contribution is -1.96. The summed E-state index contributed by atoms with van der Waals surface area (Å²) >= 11 is 0. The van der Waals surface area contributed by atoms with Crippen molar-refractivity contribution in [1.82, 2.24) is 0 Å². The molecule has 0 aromatic heterocycles. The van der Waals surface area contributed by atoms with Gasteiger partial charge in [0.25, 0.3) is 0 Å². The van der Waals surface area contributed by atoms with E-state index in [-0.39, 0.29) is 5.78 Å². The van der Waals surface area contributed by atoms with E-state index < -0.39 is 0 Å². The Kier molecular flexibility index (Phi) is 2.95. The average Bonchev–Trinajstić information content (AvgIpc) is 2.70. The molecule has 0 aliphatic heterocycles. The lowest BCUT2D eigenvalue weighted by Gasteiger charge is -2.06. The lowest BCUT2D eigenvalue weighted by molar-refractivity contribution is -0.113. The molecular weight excluding hydrogens is 204 g/mol. The van der Waals surface area contributed by atoms with E-state index in [1.54, 1.807) is 14.2 Å². The highest BCUT2D eigenvalue weighted by molar-refractivity contribution is 6.23. The molecule has 2 rings (SSSR count). The first-order valence-corrected chi connectivity index (χ1v) is 5.21. The molecule has 0 saturated carbocycles. The Morgan fingerprint density at radius 2 is 1.69 bits per heavy atom. The zero-order valence-corrected chi connectivity index (χ0v) is 9.45. The fourth-order valence-electron chi connectivity index (χ4n) is 1.92. The molecule has 1 aromatic rings. The molecule has 0 fully saturated rings. The van der Waals surface area contributed by atoms with Gasteiger partial charge in [-0.2, -0.15) is 0 Å². The smallest absolute Gasteiger partial charge is 0.167 e. The first-order chi connectivity index (χ1) is 7.76. The number of rotatable bonds is 3. The number of hydrogen-bond acceptors (Lipinski definition) is 3. The third-order valence-electron chi connectivity index (χ3n) is 2.76. The summed E-state index contributed by atoms with van der Waals surface area (Å²) in [6, 6.07) is 7.47. The van der Waals surface area contributed by atoms with Gasteiger partial charge in [-0.1, -0.05) is 12.1 Å². The van der Waals surface area contributed by atoms with Crippen molar-refractivity contribution < 1.29 is 14.3 Å². The van der Waals surface area contributed by atoms with E-state index in [2.05, 4.69) is 0 Å². The van der Waals surface area contributed by atoms with Crippen LogP contribution in [0.5, 0.6) is 5.75 Å². The fraction of sp³-hybridized carbons (Fsp3) is 0.308. The molecule has 0 amide bonds. The van der Waals surface area contributed by atoms with E-state index in [1.807, 2.05) is 24.3 Å². The summed E-state index contributed by atoms with van der Waals surface area (Å²) in [4.78, 5) is 11.7. The largest absolute Gasteiger partial charge is 0.500 e. The molecule has 1 aliphatic rings. The Bertz CT molecular complexity index is 429. The Hall–Kier alpha value is -1.77. The Labute approximate surface area is 94.7 Å². The molecule has 0 heterocycles. The van der Waals surface area contributed by atoms with E-state index in [9.17, 15) is 4.79 Å². The number of ketones is 1. The van der Waals surface area contributed by atoms with Crippen LogP contribution in [0.1, 0.15) is 18.4 Å². The van der Waals surface area contributed by atoms with Gasteiger partial charge in [0.2, 0.25) is 0 Å². The maximum Gasteiger partial charge on any atom is 0.167 e. The van der Waals surface area contributed by atoms with Crippen LogP contribution in [0.2, 0.25) is 0 Å². The molecule has 0 unspecified atom stereocenters. The normalized spacial score (nSPS) is 15.5. The van der Waals surface area contributed by atoms with Gasteiger partial charge in [0.1, 0.15) is 11.5 Å². The maximum absolute atomic E-state index is 11.7. The Balaban J connectivity index is 2.38. The number of carbonyl (C=O) groups excluding carboxylic acids is 1. The summed E-state index contributed by atoms with van der Waals surface area (Å²) in [6.07, 6.45) is 1.25. The summed E-state index contributed by atoms with van der Waals surface area (Å²) in [5.41, 5.74) is 1.62. The van der Waals surface area contributed by atoms with Crippen molar-refractivity contribution in [3.63, 3.8) is 0 Å². The first-order valence-electron chi connectivity index (χ1n) is 5.21. The predicted octanol–water partition coefficient (Wildman–Crippen LogP) is 2.42. The molecular formula is C13H14O3. The van der Waals surface area contributed by atoms with Gasteiger partial charge in [0, 0.05) is 12.8 Å². The summed E-state index contributed by atoms with van der Waals surface area (Å²) in [5.74, 6) is 1.73. The standard InChI is InChI=1S/C13H14O3/c1-15-10-5-3-9(4-6-10)13-11(14)7-8-12(13)16-2/h3-6H,7-8H2,1-2H3. The fourth-order valence-corrected chi connectivity index (χ4v) is 1.92. The number of Topliss-reactive ketones (excluding diaryl/α,β-unsaturated/α-hetero) is 1.